The van der Waals surface area contributed by atoms with Gasteiger partial charge in [-0.2, -0.15) is 4.39 Å². The van der Waals surface area contributed by atoms with E-state index in [9.17, 15) is 23.9 Å². The lowest BCUT2D eigenvalue weighted by Gasteiger charge is -2.20. The van der Waals surface area contributed by atoms with Crippen LogP contribution in [0.2, 0.25) is 0 Å². The topological polar surface area (TPSA) is 111 Å². The van der Waals surface area contributed by atoms with Gasteiger partial charge >= 0.3 is 11.8 Å². The predicted molar refractivity (Wildman–Crippen MR) is 98.4 cm³/mol. The van der Waals surface area contributed by atoms with Crippen molar-refractivity contribution in [2.75, 3.05) is 6.61 Å². The Bertz CT molecular complexity index is 746. The first-order valence-corrected chi connectivity index (χ1v) is 9.98. The number of aliphatic hydroxyl groups is 1. The molecule has 0 unspecified atom stereocenters. The summed E-state index contributed by atoms with van der Waals surface area (Å²) in [6.07, 6.45) is 2.50. The summed E-state index contributed by atoms with van der Waals surface area (Å²) in [7, 11) is 0. The number of aromatic amines is 1. The van der Waals surface area contributed by atoms with Gasteiger partial charge in [-0.15, -0.1) is 11.8 Å². The van der Waals surface area contributed by atoms with Crippen LogP contribution in [0.3, 0.4) is 0 Å². The van der Waals surface area contributed by atoms with Gasteiger partial charge in [0.15, 0.2) is 0 Å². The molecule has 2 heterocycles. The number of nitrogens with one attached hydrogen (secondary N) is 1. The molecule has 0 aromatic carbocycles. The number of H-pyrrole nitrogens is 1. The highest BCUT2D eigenvalue weighted by atomic mass is 32.2. The van der Waals surface area contributed by atoms with E-state index in [0.717, 1.165) is 36.4 Å². The Kier molecular flexibility index (Phi) is 7.91. The number of hydrogen-bond donors (Lipinski definition) is 2. The van der Waals surface area contributed by atoms with Crippen LogP contribution in [0.4, 0.5) is 9.18 Å². The van der Waals surface area contributed by atoms with E-state index in [1.54, 1.807) is 0 Å². The molecule has 0 spiro atoms. The van der Waals surface area contributed by atoms with E-state index in [2.05, 4.69) is 0 Å². The lowest BCUT2D eigenvalue weighted by atomic mass is 10.1. The highest BCUT2D eigenvalue weighted by molar-refractivity contribution is 8.00. The summed E-state index contributed by atoms with van der Waals surface area (Å²) in [4.78, 5) is 37.1. The summed E-state index contributed by atoms with van der Waals surface area (Å²) in [6.45, 7) is 3.71. The van der Waals surface area contributed by atoms with Gasteiger partial charge in [-0.1, -0.05) is 26.7 Å². The third-order valence-corrected chi connectivity index (χ3v) is 5.86. The van der Waals surface area contributed by atoms with Gasteiger partial charge in [0.1, 0.15) is 12.2 Å². The number of halogens is 1. The normalized spacial score (nSPS) is 22.2. The second-order valence-corrected chi connectivity index (χ2v) is 7.84. The molecule has 8 nitrogen and oxygen atoms in total. The Morgan fingerprint density at radius 3 is 2.67 bits per heavy atom. The zero-order valence-electron chi connectivity index (χ0n) is 15.4. The molecule has 1 aromatic rings. The average Bonchev–Trinajstić information content (AvgIpc) is 3.01. The van der Waals surface area contributed by atoms with Crippen molar-refractivity contribution in [3.8, 4) is 0 Å². The lowest BCUT2D eigenvalue weighted by Crippen LogP contribution is -2.33. The van der Waals surface area contributed by atoms with Crippen LogP contribution in [-0.4, -0.2) is 44.9 Å². The largest absolute Gasteiger partial charge is 0.508 e. The molecule has 10 heteroatoms. The summed E-state index contributed by atoms with van der Waals surface area (Å²) in [5, 5.41) is 8.49. The molecular formula is C17H25FN2O6S. The molecule has 0 aliphatic carbocycles. The zero-order valence-corrected chi connectivity index (χ0v) is 16.2. The van der Waals surface area contributed by atoms with Gasteiger partial charge in [0.25, 0.3) is 5.56 Å². The third-order valence-electron chi connectivity index (χ3n) is 4.33. The van der Waals surface area contributed by atoms with Crippen molar-refractivity contribution in [3.05, 3.63) is 32.9 Å². The van der Waals surface area contributed by atoms with Crippen LogP contribution < -0.4 is 11.2 Å². The molecule has 1 saturated heterocycles. The molecule has 152 valence electrons. The fraction of sp³-hybridized carbons (Fsp3) is 0.706. The molecule has 0 amide bonds. The summed E-state index contributed by atoms with van der Waals surface area (Å²) in [5.74, 6) is -1.08. The van der Waals surface area contributed by atoms with Gasteiger partial charge in [0.2, 0.25) is 5.82 Å². The van der Waals surface area contributed by atoms with Gasteiger partial charge in [0, 0.05) is 6.42 Å². The van der Waals surface area contributed by atoms with E-state index < -0.39 is 39.9 Å². The lowest BCUT2D eigenvalue weighted by molar-refractivity contribution is -0.0102. The number of hydrogen-bond acceptors (Lipinski definition) is 7. The SMILES string of the molecule is CCCC(CCC)OC(=O)O[C@H]1C[C@H](n2cc(F)c(=O)[nH]c2=O)S[C@@H]1CO. The average molecular weight is 404 g/mol. The number of nitrogens with zero attached hydrogens (tertiary/aromatic N) is 1. The van der Waals surface area contributed by atoms with E-state index in [1.807, 2.05) is 18.8 Å². The Labute approximate surface area is 160 Å². The highest BCUT2D eigenvalue weighted by Crippen LogP contribution is 2.42. The molecule has 1 aromatic heterocycles. The number of rotatable bonds is 8. The Balaban J connectivity index is 2.05. The minimum absolute atomic E-state index is 0.183. The number of thioether (sulfide) groups is 1. The summed E-state index contributed by atoms with van der Waals surface area (Å²) >= 11 is 1.17. The zero-order chi connectivity index (χ0) is 20.0. The van der Waals surface area contributed by atoms with E-state index in [1.165, 1.54) is 11.8 Å². The van der Waals surface area contributed by atoms with Crippen molar-refractivity contribution in [3.63, 3.8) is 0 Å². The number of aliphatic hydroxyl groups excluding tert-OH is 1. The van der Waals surface area contributed by atoms with Crippen molar-refractivity contribution >= 4 is 17.9 Å². The molecule has 1 aliphatic heterocycles. The minimum Gasteiger partial charge on any atom is -0.431 e. The van der Waals surface area contributed by atoms with Crippen LogP contribution in [0.5, 0.6) is 0 Å². The first-order chi connectivity index (χ1) is 12.9. The maximum atomic E-state index is 13.5. The first kappa shape index (κ1) is 21.5. The van der Waals surface area contributed by atoms with E-state index >= 15 is 0 Å². The quantitative estimate of drug-likeness (QED) is 0.639. The fourth-order valence-electron chi connectivity index (χ4n) is 3.03. The molecule has 0 radical (unpaired) electrons. The standard InChI is InChI=1S/C17H25FN2O6S/c1-3-5-10(6-4-2)25-17(24)26-12-7-14(27-13(12)9-21)20-8-11(18)15(22)19-16(20)23/h8,10,12-14,21H,3-7,9H2,1-2H3,(H,19,22,23)/t12-,13+,14+/m0/s1. The van der Waals surface area contributed by atoms with Crippen LogP contribution in [-0.2, 0) is 9.47 Å². The highest BCUT2D eigenvalue weighted by Gasteiger charge is 2.39. The van der Waals surface area contributed by atoms with Crippen LogP contribution >= 0.6 is 11.8 Å². The number of aromatic nitrogens is 2. The summed E-state index contributed by atoms with van der Waals surface area (Å²) < 4.78 is 25.3. The van der Waals surface area contributed by atoms with Gasteiger partial charge < -0.3 is 14.6 Å². The van der Waals surface area contributed by atoms with E-state index in [0.29, 0.717) is 0 Å². The summed E-state index contributed by atoms with van der Waals surface area (Å²) in [5.41, 5.74) is -1.85. The Hall–Kier alpha value is -1.81. The number of carbonyl (C=O) groups is 1. The molecule has 3 atom stereocenters. The third kappa shape index (κ3) is 5.58. The molecule has 2 rings (SSSR count). The fourth-order valence-corrected chi connectivity index (χ4v) is 4.45. The maximum absolute atomic E-state index is 13.5. The molecule has 27 heavy (non-hydrogen) atoms. The molecule has 0 saturated carbocycles. The smallest absolute Gasteiger partial charge is 0.431 e. The molecule has 0 bridgehead atoms. The van der Waals surface area contributed by atoms with E-state index in [-0.39, 0.29) is 19.1 Å². The van der Waals surface area contributed by atoms with Crippen molar-refractivity contribution < 1.29 is 23.8 Å². The van der Waals surface area contributed by atoms with Crippen molar-refractivity contribution in [2.45, 2.75) is 68.8 Å². The molecular weight excluding hydrogens is 379 g/mol. The Morgan fingerprint density at radius 2 is 2.07 bits per heavy atom. The molecule has 2 N–H and O–H groups in total. The van der Waals surface area contributed by atoms with Crippen LogP contribution in [0.25, 0.3) is 0 Å². The van der Waals surface area contributed by atoms with Gasteiger partial charge in [-0.25, -0.2) is 9.59 Å². The van der Waals surface area contributed by atoms with Crippen molar-refractivity contribution in [2.24, 2.45) is 0 Å². The Morgan fingerprint density at radius 1 is 1.41 bits per heavy atom. The minimum atomic E-state index is -1.09. The van der Waals surface area contributed by atoms with Gasteiger partial charge in [-0.3, -0.25) is 14.3 Å². The molecule has 1 fully saturated rings. The second kappa shape index (κ2) is 9.93. The predicted octanol–water partition coefficient (Wildman–Crippen LogP) is 2.16. The first-order valence-electron chi connectivity index (χ1n) is 9.04. The van der Waals surface area contributed by atoms with Crippen LogP contribution in [0.1, 0.15) is 51.3 Å². The van der Waals surface area contributed by atoms with E-state index in [4.69, 9.17) is 9.47 Å². The van der Waals surface area contributed by atoms with Crippen LogP contribution in [0.15, 0.2) is 15.8 Å². The van der Waals surface area contributed by atoms with Crippen molar-refractivity contribution in [1.29, 1.82) is 0 Å². The second-order valence-electron chi connectivity index (χ2n) is 6.41. The number of ether oxygens (including phenoxy) is 2. The van der Waals surface area contributed by atoms with Crippen LogP contribution in [0, 0.1) is 5.82 Å². The van der Waals surface area contributed by atoms with Gasteiger partial charge in [0.05, 0.1) is 23.4 Å². The van der Waals surface area contributed by atoms with Gasteiger partial charge in [-0.05, 0) is 12.8 Å². The monoisotopic (exact) mass is 404 g/mol. The maximum Gasteiger partial charge on any atom is 0.508 e. The summed E-state index contributed by atoms with van der Waals surface area (Å²) in [6, 6.07) is 0. The van der Waals surface area contributed by atoms with Crippen molar-refractivity contribution in [1.82, 2.24) is 9.55 Å². The number of carbonyl (C=O) groups excluding carboxylic acids is 1. The molecule has 1 aliphatic rings.